The van der Waals surface area contributed by atoms with Gasteiger partial charge in [-0.1, -0.05) is 6.92 Å². The van der Waals surface area contributed by atoms with E-state index in [0.717, 1.165) is 6.26 Å². The van der Waals surface area contributed by atoms with Crippen molar-refractivity contribution in [1.29, 1.82) is 0 Å². The number of primary amides is 1. The number of nitrogens with one attached hydrogen (secondary N) is 1. The van der Waals surface area contributed by atoms with E-state index in [-0.39, 0.29) is 43.6 Å². The van der Waals surface area contributed by atoms with Crippen LogP contribution >= 0.6 is 0 Å². The SMILES string of the molecule is CC1CCC(N(C(=O)C[C@@H](C)CC(N)=O)S(C)(=O)=O)C(=O)CN1. The van der Waals surface area contributed by atoms with Crippen molar-refractivity contribution < 1.29 is 22.8 Å². The van der Waals surface area contributed by atoms with Crippen molar-refractivity contribution in [3.05, 3.63) is 0 Å². The number of carbonyl (C=O) groups is 3. The minimum absolute atomic E-state index is 0.0133. The number of nitrogens with zero attached hydrogens (tertiary/aromatic N) is 1. The Morgan fingerprint density at radius 1 is 1.35 bits per heavy atom. The Bertz CT molecular complexity index is 575. The molecule has 0 bridgehead atoms. The van der Waals surface area contributed by atoms with Gasteiger partial charge in [0, 0.05) is 18.9 Å². The summed E-state index contributed by atoms with van der Waals surface area (Å²) in [6.07, 6.45) is 1.63. The first-order chi connectivity index (χ1) is 10.5. The van der Waals surface area contributed by atoms with Gasteiger partial charge in [0.2, 0.25) is 21.8 Å². The van der Waals surface area contributed by atoms with Crippen molar-refractivity contribution >= 4 is 27.6 Å². The van der Waals surface area contributed by atoms with Crippen LogP contribution in [0.5, 0.6) is 0 Å². The molecule has 1 heterocycles. The summed E-state index contributed by atoms with van der Waals surface area (Å²) in [5.74, 6) is -1.94. The van der Waals surface area contributed by atoms with Gasteiger partial charge in [-0.15, -0.1) is 0 Å². The Hall–Kier alpha value is -1.48. The van der Waals surface area contributed by atoms with Gasteiger partial charge in [0.1, 0.15) is 6.04 Å². The quantitative estimate of drug-likeness (QED) is 0.660. The molecule has 0 aromatic heterocycles. The Kier molecular flexibility index (Phi) is 6.69. The van der Waals surface area contributed by atoms with E-state index in [1.54, 1.807) is 6.92 Å². The molecule has 3 N–H and O–H groups in total. The Morgan fingerprint density at radius 2 is 1.96 bits per heavy atom. The second-order valence-electron chi connectivity index (χ2n) is 6.27. The lowest BCUT2D eigenvalue weighted by Crippen LogP contribution is -2.49. The van der Waals surface area contributed by atoms with Crippen molar-refractivity contribution in [2.45, 2.75) is 51.6 Å². The first-order valence-electron chi connectivity index (χ1n) is 7.59. The van der Waals surface area contributed by atoms with Crippen molar-refractivity contribution in [2.75, 3.05) is 12.8 Å². The predicted molar refractivity (Wildman–Crippen MR) is 84.8 cm³/mol. The number of nitrogens with two attached hydrogens (primary N) is 1. The van der Waals surface area contributed by atoms with E-state index >= 15 is 0 Å². The fourth-order valence-corrected chi connectivity index (χ4v) is 3.83. The van der Waals surface area contributed by atoms with E-state index < -0.39 is 27.9 Å². The molecule has 8 nitrogen and oxygen atoms in total. The van der Waals surface area contributed by atoms with Crippen LogP contribution in [0.4, 0.5) is 0 Å². The molecule has 1 fully saturated rings. The van der Waals surface area contributed by atoms with E-state index in [9.17, 15) is 22.8 Å². The number of carbonyl (C=O) groups excluding carboxylic acids is 3. The van der Waals surface area contributed by atoms with Gasteiger partial charge in [0.15, 0.2) is 5.78 Å². The molecule has 3 atom stereocenters. The van der Waals surface area contributed by atoms with Gasteiger partial charge in [-0.05, 0) is 25.7 Å². The van der Waals surface area contributed by atoms with Crippen molar-refractivity contribution in [1.82, 2.24) is 9.62 Å². The first-order valence-corrected chi connectivity index (χ1v) is 9.43. The van der Waals surface area contributed by atoms with Gasteiger partial charge in [0.25, 0.3) is 0 Å². The number of rotatable bonds is 6. The highest BCUT2D eigenvalue weighted by molar-refractivity contribution is 7.88. The lowest BCUT2D eigenvalue weighted by molar-refractivity contribution is -0.134. The maximum absolute atomic E-state index is 12.4. The van der Waals surface area contributed by atoms with Crippen molar-refractivity contribution in [2.24, 2.45) is 11.7 Å². The molecule has 2 unspecified atom stereocenters. The minimum atomic E-state index is -3.89. The van der Waals surface area contributed by atoms with E-state index in [0.29, 0.717) is 10.7 Å². The minimum Gasteiger partial charge on any atom is -0.370 e. The summed E-state index contributed by atoms with van der Waals surface area (Å²) < 4.78 is 24.8. The second-order valence-corrected chi connectivity index (χ2v) is 8.13. The average molecular weight is 347 g/mol. The third-order valence-electron chi connectivity index (χ3n) is 3.83. The number of hydrogen-bond acceptors (Lipinski definition) is 6. The summed E-state index contributed by atoms with van der Waals surface area (Å²) >= 11 is 0. The number of amides is 2. The summed E-state index contributed by atoms with van der Waals surface area (Å²) in [5.41, 5.74) is 5.09. The molecular weight excluding hydrogens is 322 g/mol. The predicted octanol–water partition coefficient (Wildman–Crippen LogP) is -0.614. The zero-order valence-corrected chi connectivity index (χ0v) is 14.6. The van der Waals surface area contributed by atoms with Gasteiger partial charge in [-0.3, -0.25) is 14.4 Å². The van der Waals surface area contributed by atoms with Crippen molar-refractivity contribution in [3.63, 3.8) is 0 Å². The summed E-state index contributed by atoms with van der Waals surface area (Å²) in [6.45, 7) is 3.57. The first kappa shape index (κ1) is 19.6. The largest absolute Gasteiger partial charge is 0.370 e. The molecule has 9 heteroatoms. The summed E-state index contributed by atoms with van der Waals surface area (Å²) in [4.78, 5) is 35.6. The monoisotopic (exact) mass is 347 g/mol. The highest BCUT2D eigenvalue weighted by atomic mass is 32.2. The molecule has 1 aliphatic heterocycles. The van der Waals surface area contributed by atoms with E-state index in [1.165, 1.54) is 0 Å². The molecular formula is C14H25N3O5S. The standard InChI is InChI=1S/C14H25N3O5S/c1-9(6-13(15)19)7-14(20)17(23(3,21)22)11-5-4-10(2)16-8-12(11)18/h9-11,16H,4-8H2,1-3H3,(H2,15,19)/t9-,10?,11?/m0/s1. The summed E-state index contributed by atoms with van der Waals surface area (Å²) in [5, 5.41) is 2.99. The molecule has 1 aliphatic rings. The smallest absolute Gasteiger partial charge is 0.236 e. The number of sulfonamides is 1. The van der Waals surface area contributed by atoms with E-state index in [4.69, 9.17) is 5.73 Å². The average Bonchev–Trinajstić information content (AvgIpc) is 2.51. The van der Waals surface area contributed by atoms with Crippen LogP contribution in [0.25, 0.3) is 0 Å². The van der Waals surface area contributed by atoms with E-state index in [1.807, 2.05) is 6.92 Å². The van der Waals surface area contributed by atoms with E-state index in [2.05, 4.69) is 5.32 Å². The van der Waals surface area contributed by atoms with Crippen LogP contribution in [-0.4, -0.2) is 55.2 Å². The lowest BCUT2D eigenvalue weighted by Gasteiger charge is -2.28. The maximum atomic E-state index is 12.4. The topological polar surface area (TPSA) is 127 Å². The lowest BCUT2D eigenvalue weighted by atomic mass is 10.0. The summed E-state index contributed by atoms with van der Waals surface area (Å²) in [6, 6.07) is -0.912. The molecule has 0 aliphatic carbocycles. The highest BCUT2D eigenvalue weighted by Gasteiger charge is 2.37. The Morgan fingerprint density at radius 3 is 2.48 bits per heavy atom. The van der Waals surface area contributed by atoms with Gasteiger partial charge < -0.3 is 11.1 Å². The molecule has 1 rings (SSSR count). The molecule has 0 aromatic rings. The van der Waals surface area contributed by atoms with Crippen LogP contribution in [0.15, 0.2) is 0 Å². The van der Waals surface area contributed by atoms with Crippen molar-refractivity contribution in [3.8, 4) is 0 Å². The second kappa shape index (κ2) is 7.87. The molecule has 0 aromatic carbocycles. The van der Waals surface area contributed by atoms with Gasteiger partial charge in [-0.25, -0.2) is 12.7 Å². The van der Waals surface area contributed by atoms with Gasteiger partial charge >= 0.3 is 0 Å². The van der Waals surface area contributed by atoms with Crippen LogP contribution < -0.4 is 11.1 Å². The van der Waals surface area contributed by atoms with Crippen LogP contribution in [-0.2, 0) is 24.4 Å². The molecule has 0 radical (unpaired) electrons. The molecule has 0 saturated carbocycles. The number of ketones is 1. The fraction of sp³-hybridized carbons (Fsp3) is 0.786. The van der Waals surface area contributed by atoms with Crippen LogP contribution in [0.3, 0.4) is 0 Å². The zero-order chi connectivity index (χ0) is 17.8. The Balaban J connectivity index is 2.98. The number of hydrogen-bond donors (Lipinski definition) is 2. The third-order valence-corrected chi connectivity index (χ3v) is 5.00. The van der Waals surface area contributed by atoms with Gasteiger partial charge in [-0.2, -0.15) is 0 Å². The Labute approximate surface area is 136 Å². The highest BCUT2D eigenvalue weighted by Crippen LogP contribution is 2.20. The van der Waals surface area contributed by atoms with Crippen LogP contribution in [0, 0.1) is 5.92 Å². The fourth-order valence-electron chi connectivity index (χ4n) is 2.71. The molecule has 0 spiro atoms. The zero-order valence-electron chi connectivity index (χ0n) is 13.7. The van der Waals surface area contributed by atoms with Crippen LogP contribution in [0.2, 0.25) is 0 Å². The normalized spacial score (nSPS) is 23.9. The summed E-state index contributed by atoms with van der Waals surface area (Å²) in [7, 11) is -3.89. The molecule has 23 heavy (non-hydrogen) atoms. The number of Topliss-reactive ketones (excluding diaryl/α,β-unsaturated/α-hetero) is 1. The molecule has 1 saturated heterocycles. The van der Waals surface area contributed by atoms with Crippen LogP contribution in [0.1, 0.15) is 39.5 Å². The third kappa shape index (κ3) is 5.91. The van der Waals surface area contributed by atoms with Gasteiger partial charge in [0.05, 0.1) is 12.8 Å². The maximum Gasteiger partial charge on any atom is 0.236 e. The molecule has 132 valence electrons. The molecule has 2 amide bonds.